The van der Waals surface area contributed by atoms with E-state index in [1.165, 1.54) is 14.0 Å². The van der Waals surface area contributed by atoms with Crippen molar-refractivity contribution in [1.82, 2.24) is 0 Å². The first-order valence-electron chi connectivity index (χ1n) is 10.7. The average molecular weight is 435 g/mol. The van der Waals surface area contributed by atoms with Crippen LogP contribution in [0.1, 0.15) is 52.5 Å². The smallest absolute Gasteiger partial charge is 0.317 e. The summed E-state index contributed by atoms with van der Waals surface area (Å²) in [5.74, 6) is -4.20. The van der Waals surface area contributed by atoms with Crippen molar-refractivity contribution in [3.8, 4) is 5.75 Å². The molecule has 0 heterocycles. The van der Waals surface area contributed by atoms with Crippen molar-refractivity contribution in [3.63, 3.8) is 0 Å². The number of ketones is 1. The molecule has 4 atom stereocenters. The van der Waals surface area contributed by atoms with E-state index in [1.807, 2.05) is 27.7 Å². The number of Topliss-reactive ketones (excluding diaryl/α,β-unsaturated/α-hetero) is 1. The Balaban J connectivity index is 2.52. The van der Waals surface area contributed by atoms with Crippen LogP contribution < -0.4 is 4.74 Å². The van der Waals surface area contributed by atoms with Crippen molar-refractivity contribution in [3.05, 3.63) is 29.8 Å². The van der Waals surface area contributed by atoms with Crippen LogP contribution in [0.4, 0.5) is 0 Å². The molecule has 1 N–H and O–H groups in total. The van der Waals surface area contributed by atoms with Gasteiger partial charge in [-0.15, -0.1) is 0 Å². The first-order chi connectivity index (χ1) is 14.5. The standard InChI is InChI=1S/C24H34O7/c1-14(2)12-30-22(26)20-18(25)11-24(5,28)21(23(27)31-13-15(3)4)19(20)16-7-9-17(29-6)10-8-16/h7-10,14-15,19-21,28H,11-13H2,1-6H3/t19-,20-,21+,24+/m1/s1. The zero-order chi connectivity index (χ0) is 23.3. The third-order valence-electron chi connectivity index (χ3n) is 5.39. The second kappa shape index (κ2) is 10.3. The van der Waals surface area contributed by atoms with E-state index in [9.17, 15) is 19.5 Å². The summed E-state index contributed by atoms with van der Waals surface area (Å²) in [6.45, 7) is 9.39. The van der Waals surface area contributed by atoms with E-state index in [0.717, 1.165) is 0 Å². The minimum Gasteiger partial charge on any atom is -0.497 e. The van der Waals surface area contributed by atoms with E-state index in [2.05, 4.69) is 0 Å². The molecule has 1 saturated carbocycles. The fraction of sp³-hybridized carbons (Fsp3) is 0.625. The number of esters is 2. The normalized spacial score (nSPS) is 26.1. The number of carbonyl (C=O) groups is 3. The molecule has 0 radical (unpaired) electrons. The Labute approximate surface area is 184 Å². The summed E-state index contributed by atoms with van der Waals surface area (Å²) >= 11 is 0. The number of hydrogen-bond donors (Lipinski definition) is 1. The Bertz CT molecular complexity index is 780. The Morgan fingerprint density at radius 1 is 1.03 bits per heavy atom. The van der Waals surface area contributed by atoms with E-state index in [-0.39, 0.29) is 31.5 Å². The Kier molecular flexibility index (Phi) is 8.23. The van der Waals surface area contributed by atoms with Crippen LogP contribution in [-0.2, 0) is 23.9 Å². The number of rotatable bonds is 8. The van der Waals surface area contributed by atoms with Gasteiger partial charge in [-0.1, -0.05) is 39.8 Å². The van der Waals surface area contributed by atoms with Crippen LogP contribution in [0.5, 0.6) is 5.75 Å². The Hall–Kier alpha value is -2.41. The van der Waals surface area contributed by atoms with Crippen LogP contribution in [0, 0.1) is 23.7 Å². The summed E-state index contributed by atoms with van der Waals surface area (Å²) in [4.78, 5) is 39.1. The number of benzene rings is 1. The van der Waals surface area contributed by atoms with Gasteiger partial charge in [-0.25, -0.2) is 0 Å². The van der Waals surface area contributed by atoms with Gasteiger partial charge in [-0.05, 0) is 36.5 Å². The lowest BCUT2D eigenvalue weighted by Crippen LogP contribution is -2.55. The molecule has 1 aromatic carbocycles. The van der Waals surface area contributed by atoms with E-state index < -0.39 is 41.1 Å². The van der Waals surface area contributed by atoms with Gasteiger partial charge in [0.2, 0.25) is 0 Å². The van der Waals surface area contributed by atoms with Crippen LogP contribution in [-0.4, -0.2) is 48.8 Å². The highest BCUT2D eigenvalue weighted by atomic mass is 16.5. The maximum Gasteiger partial charge on any atom is 0.317 e. The molecule has 1 aliphatic carbocycles. The Morgan fingerprint density at radius 2 is 1.55 bits per heavy atom. The second-order valence-electron chi connectivity index (χ2n) is 9.30. The molecule has 0 bridgehead atoms. The van der Waals surface area contributed by atoms with Crippen molar-refractivity contribution >= 4 is 17.7 Å². The summed E-state index contributed by atoms with van der Waals surface area (Å²) in [6.07, 6.45) is -0.331. The summed E-state index contributed by atoms with van der Waals surface area (Å²) in [7, 11) is 1.53. The molecular weight excluding hydrogens is 400 g/mol. The molecule has 0 unspecified atom stereocenters. The van der Waals surface area contributed by atoms with Gasteiger partial charge in [0.05, 0.1) is 31.8 Å². The van der Waals surface area contributed by atoms with Crippen LogP contribution in [0.2, 0.25) is 0 Å². The highest BCUT2D eigenvalue weighted by molar-refractivity contribution is 6.02. The molecule has 7 heteroatoms. The third kappa shape index (κ3) is 6.06. The fourth-order valence-electron chi connectivity index (χ4n) is 3.92. The van der Waals surface area contributed by atoms with Gasteiger partial charge < -0.3 is 19.3 Å². The molecular formula is C24H34O7. The monoisotopic (exact) mass is 434 g/mol. The zero-order valence-electron chi connectivity index (χ0n) is 19.2. The molecule has 1 aliphatic rings. The van der Waals surface area contributed by atoms with Crippen molar-refractivity contribution in [1.29, 1.82) is 0 Å². The van der Waals surface area contributed by atoms with Crippen molar-refractivity contribution in [2.45, 2.75) is 52.6 Å². The van der Waals surface area contributed by atoms with Gasteiger partial charge >= 0.3 is 11.9 Å². The maximum atomic E-state index is 13.1. The number of hydrogen-bond acceptors (Lipinski definition) is 7. The fourth-order valence-corrected chi connectivity index (χ4v) is 3.92. The van der Waals surface area contributed by atoms with Gasteiger partial charge in [0.15, 0.2) is 5.78 Å². The summed E-state index contributed by atoms with van der Waals surface area (Å²) in [6, 6.07) is 6.78. The third-order valence-corrected chi connectivity index (χ3v) is 5.39. The number of aliphatic hydroxyl groups is 1. The minimum atomic E-state index is -1.66. The van der Waals surface area contributed by atoms with Crippen LogP contribution in [0.15, 0.2) is 24.3 Å². The lowest BCUT2D eigenvalue weighted by Gasteiger charge is -2.43. The van der Waals surface area contributed by atoms with Crippen molar-refractivity contribution in [2.75, 3.05) is 20.3 Å². The van der Waals surface area contributed by atoms with Gasteiger partial charge in [0.1, 0.15) is 11.7 Å². The van der Waals surface area contributed by atoms with Gasteiger partial charge in [0.25, 0.3) is 0 Å². The van der Waals surface area contributed by atoms with Gasteiger partial charge in [0, 0.05) is 12.3 Å². The van der Waals surface area contributed by atoms with Gasteiger partial charge in [-0.2, -0.15) is 0 Å². The van der Waals surface area contributed by atoms with E-state index in [1.54, 1.807) is 24.3 Å². The molecule has 0 spiro atoms. The second-order valence-corrected chi connectivity index (χ2v) is 9.30. The average Bonchev–Trinajstić information content (AvgIpc) is 2.69. The maximum absolute atomic E-state index is 13.1. The molecule has 7 nitrogen and oxygen atoms in total. The molecule has 0 saturated heterocycles. The van der Waals surface area contributed by atoms with E-state index >= 15 is 0 Å². The molecule has 2 rings (SSSR count). The largest absolute Gasteiger partial charge is 0.497 e. The van der Waals surface area contributed by atoms with Crippen LogP contribution in [0.25, 0.3) is 0 Å². The topological polar surface area (TPSA) is 99.1 Å². The lowest BCUT2D eigenvalue weighted by atomic mass is 9.61. The highest BCUT2D eigenvalue weighted by Gasteiger charge is 2.57. The first-order valence-corrected chi connectivity index (χ1v) is 10.7. The van der Waals surface area contributed by atoms with Crippen molar-refractivity contribution in [2.24, 2.45) is 23.7 Å². The number of methoxy groups -OCH3 is 1. The zero-order valence-corrected chi connectivity index (χ0v) is 19.2. The molecule has 0 aliphatic heterocycles. The summed E-state index contributed by atoms with van der Waals surface area (Å²) < 4.78 is 16.0. The first kappa shape index (κ1) is 24.9. The van der Waals surface area contributed by atoms with Crippen molar-refractivity contribution < 1.29 is 33.7 Å². The molecule has 1 fully saturated rings. The SMILES string of the molecule is COc1ccc([C@@H]2[C@H](C(=O)OCC(C)C)C(=O)C[C@](C)(O)[C@@H]2C(=O)OCC(C)C)cc1. The number of carbonyl (C=O) groups excluding carboxylic acids is 3. The predicted molar refractivity (Wildman–Crippen MR) is 115 cm³/mol. The molecule has 31 heavy (non-hydrogen) atoms. The van der Waals surface area contributed by atoms with Gasteiger partial charge in [-0.3, -0.25) is 14.4 Å². The molecule has 0 aromatic heterocycles. The lowest BCUT2D eigenvalue weighted by molar-refractivity contribution is -0.173. The molecule has 1 aromatic rings. The molecule has 0 amide bonds. The summed E-state index contributed by atoms with van der Waals surface area (Å²) in [5.41, 5.74) is -1.10. The Morgan fingerprint density at radius 3 is 2.03 bits per heavy atom. The number of ether oxygens (including phenoxy) is 3. The van der Waals surface area contributed by atoms with Crippen LogP contribution >= 0.6 is 0 Å². The van der Waals surface area contributed by atoms with E-state index in [0.29, 0.717) is 11.3 Å². The quantitative estimate of drug-likeness (QED) is 0.496. The van der Waals surface area contributed by atoms with Crippen LogP contribution in [0.3, 0.4) is 0 Å². The highest BCUT2D eigenvalue weighted by Crippen LogP contribution is 2.47. The molecule has 172 valence electrons. The van der Waals surface area contributed by atoms with E-state index in [4.69, 9.17) is 14.2 Å². The predicted octanol–water partition coefficient (Wildman–Crippen LogP) is 3.13. The summed E-state index contributed by atoms with van der Waals surface area (Å²) in [5, 5.41) is 11.1. The minimum absolute atomic E-state index is 0.0944.